The number of imidazole rings is 1. The summed E-state index contributed by atoms with van der Waals surface area (Å²) in [5, 5.41) is 5.98. The quantitative estimate of drug-likeness (QED) is 0.782. The van der Waals surface area contributed by atoms with Gasteiger partial charge in [0.2, 0.25) is 0 Å². The van der Waals surface area contributed by atoms with E-state index in [0.29, 0.717) is 6.04 Å². The molecule has 1 aromatic carbocycles. The molecule has 2 aromatic heterocycles. The van der Waals surface area contributed by atoms with Gasteiger partial charge in [0.25, 0.3) is 0 Å². The van der Waals surface area contributed by atoms with Gasteiger partial charge < -0.3 is 9.88 Å². The third-order valence-electron chi connectivity index (χ3n) is 4.25. The van der Waals surface area contributed by atoms with Crippen molar-refractivity contribution in [3.8, 4) is 5.69 Å². The fourth-order valence-electron chi connectivity index (χ4n) is 3.18. The summed E-state index contributed by atoms with van der Waals surface area (Å²) in [6.45, 7) is 1.09. The molecule has 0 amide bonds. The van der Waals surface area contributed by atoms with Crippen LogP contribution < -0.4 is 5.32 Å². The highest BCUT2D eigenvalue weighted by Gasteiger charge is 2.19. The number of rotatable bonds is 2. The van der Waals surface area contributed by atoms with Crippen LogP contribution in [0.3, 0.4) is 0 Å². The first-order valence-electron chi connectivity index (χ1n) is 7.52. The summed E-state index contributed by atoms with van der Waals surface area (Å²) in [4.78, 5) is 8.60. The first kappa shape index (κ1) is 12.5. The predicted octanol–water partition coefficient (Wildman–Crippen LogP) is 3.24. The Kier molecular flexibility index (Phi) is 3.16. The predicted molar refractivity (Wildman–Crippen MR) is 83.5 cm³/mol. The molecule has 1 aliphatic rings. The highest BCUT2D eigenvalue weighted by Crippen LogP contribution is 2.28. The van der Waals surface area contributed by atoms with Gasteiger partial charge in [0.15, 0.2) is 0 Å². The average molecular weight is 278 g/mol. The number of benzene rings is 1. The molecule has 1 N–H and O–H groups in total. The van der Waals surface area contributed by atoms with Crippen LogP contribution in [0.2, 0.25) is 0 Å². The molecule has 0 radical (unpaired) electrons. The van der Waals surface area contributed by atoms with Gasteiger partial charge in [0, 0.05) is 29.2 Å². The lowest BCUT2D eigenvalue weighted by molar-refractivity contribution is 0.402. The van der Waals surface area contributed by atoms with Crippen molar-refractivity contribution < 1.29 is 0 Å². The number of aromatic nitrogens is 3. The fourth-order valence-corrected chi connectivity index (χ4v) is 3.18. The van der Waals surface area contributed by atoms with Crippen molar-refractivity contribution in [3.63, 3.8) is 0 Å². The lowest BCUT2D eigenvalue weighted by Crippen LogP contribution is -2.28. The Morgan fingerprint density at radius 2 is 2.10 bits per heavy atom. The van der Waals surface area contributed by atoms with Gasteiger partial charge >= 0.3 is 0 Å². The normalized spacial score (nSPS) is 19.0. The standard InChI is InChI=1S/C17H18N4/c1-2-8-20-15(5-1)17-11-19-12-21(17)16-6-3-4-13-10-18-9-7-14(13)16/h3-4,6-7,9-12,15,20H,1-2,5,8H2. The second kappa shape index (κ2) is 5.30. The number of hydrogen-bond donors (Lipinski definition) is 1. The molecule has 1 unspecified atom stereocenters. The first-order chi connectivity index (χ1) is 10.4. The summed E-state index contributed by atoms with van der Waals surface area (Å²) in [6.07, 6.45) is 11.4. The van der Waals surface area contributed by atoms with E-state index >= 15 is 0 Å². The van der Waals surface area contributed by atoms with E-state index in [9.17, 15) is 0 Å². The molecule has 3 heterocycles. The second-order valence-corrected chi connectivity index (χ2v) is 5.56. The zero-order chi connectivity index (χ0) is 14.1. The smallest absolute Gasteiger partial charge is 0.0994 e. The molecule has 4 heteroatoms. The van der Waals surface area contributed by atoms with E-state index < -0.39 is 0 Å². The van der Waals surface area contributed by atoms with E-state index in [1.54, 1.807) is 0 Å². The minimum atomic E-state index is 0.401. The van der Waals surface area contributed by atoms with Crippen LogP contribution in [0.25, 0.3) is 16.5 Å². The Bertz CT molecular complexity index is 751. The number of hydrogen-bond acceptors (Lipinski definition) is 3. The molecular formula is C17H18N4. The van der Waals surface area contributed by atoms with Gasteiger partial charge in [-0.15, -0.1) is 0 Å². The maximum Gasteiger partial charge on any atom is 0.0994 e. The van der Waals surface area contributed by atoms with Crippen molar-refractivity contribution in [1.29, 1.82) is 0 Å². The van der Waals surface area contributed by atoms with Gasteiger partial charge in [-0.25, -0.2) is 4.98 Å². The number of nitrogens with one attached hydrogen (secondary N) is 1. The van der Waals surface area contributed by atoms with Gasteiger partial charge in [-0.2, -0.15) is 0 Å². The summed E-state index contributed by atoms with van der Waals surface area (Å²) in [5.74, 6) is 0. The Balaban J connectivity index is 1.84. The molecule has 4 rings (SSSR count). The van der Waals surface area contributed by atoms with Crippen LogP contribution in [0.4, 0.5) is 0 Å². The molecule has 21 heavy (non-hydrogen) atoms. The number of fused-ring (bicyclic) bond motifs is 1. The molecule has 3 aromatic rings. The Labute approximate surface area is 123 Å². The molecule has 0 bridgehead atoms. The van der Waals surface area contributed by atoms with Crippen LogP contribution in [-0.4, -0.2) is 21.1 Å². The van der Waals surface area contributed by atoms with E-state index in [1.165, 1.54) is 36.0 Å². The molecule has 1 saturated heterocycles. The third kappa shape index (κ3) is 2.21. The highest BCUT2D eigenvalue weighted by atomic mass is 15.1. The average Bonchev–Trinajstić information content (AvgIpc) is 3.04. The number of pyridine rings is 1. The molecular weight excluding hydrogens is 260 g/mol. The monoisotopic (exact) mass is 278 g/mol. The summed E-state index contributed by atoms with van der Waals surface area (Å²) >= 11 is 0. The van der Waals surface area contributed by atoms with E-state index in [0.717, 1.165) is 11.9 Å². The summed E-state index contributed by atoms with van der Waals surface area (Å²) in [5.41, 5.74) is 2.42. The van der Waals surface area contributed by atoms with Gasteiger partial charge in [0.1, 0.15) is 0 Å². The third-order valence-corrected chi connectivity index (χ3v) is 4.25. The minimum absolute atomic E-state index is 0.401. The van der Waals surface area contributed by atoms with Crippen molar-refractivity contribution in [2.45, 2.75) is 25.3 Å². The molecule has 106 valence electrons. The summed E-state index contributed by atoms with van der Waals surface area (Å²) in [6, 6.07) is 8.80. The molecule has 0 spiro atoms. The number of piperidine rings is 1. The van der Waals surface area contributed by atoms with Gasteiger partial charge in [0.05, 0.1) is 23.9 Å². The molecule has 1 aliphatic heterocycles. The van der Waals surface area contributed by atoms with E-state index in [4.69, 9.17) is 0 Å². The zero-order valence-electron chi connectivity index (χ0n) is 11.9. The first-order valence-corrected chi connectivity index (χ1v) is 7.52. The maximum absolute atomic E-state index is 4.39. The van der Waals surface area contributed by atoms with Gasteiger partial charge in [-0.3, -0.25) is 4.98 Å². The highest BCUT2D eigenvalue weighted by molar-refractivity contribution is 5.89. The van der Waals surface area contributed by atoms with Crippen LogP contribution in [0, 0.1) is 0 Å². The zero-order valence-corrected chi connectivity index (χ0v) is 11.9. The van der Waals surface area contributed by atoms with Crippen molar-refractivity contribution in [1.82, 2.24) is 19.9 Å². The van der Waals surface area contributed by atoms with Crippen LogP contribution in [0.1, 0.15) is 31.0 Å². The Morgan fingerprint density at radius 3 is 3.00 bits per heavy atom. The molecule has 1 fully saturated rings. The van der Waals surface area contributed by atoms with Crippen LogP contribution >= 0.6 is 0 Å². The van der Waals surface area contributed by atoms with Crippen molar-refractivity contribution in [2.24, 2.45) is 0 Å². The van der Waals surface area contributed by atoms with E-state index in [2.05, 4.69) is 44.1 Å². The van der Waals surface area contributed by atoms with Crippen LogP contribution in [0.15, 0.2) is 49.2 Å². The van der Waals surface area contributed by atoms with Crippen molar-refractivity contribution in [3.05, 3.63) is 54.9 Å². The lowest BCUT2D eigenvalue weighted by Gasteiger charge is -2.24. The summed E-state index contributed by atoms with van der Waals surface area (Å²) in [7, 11) is 0. The minimum Gasteiger partial charge on any atom is -0.309 e. The molecule has 4 nitrogen and oxygen atoms in total. The van der Waals surface area contributed by atoms with Crippen molar-refractivity contribution in [2.75, 3.05) is 6.54 Å². The van der Waals surface area contributed by atoms with Crippen LogP contribution in [0.5, 0.6) is 0 Å². The van der Waals surface area contributed by atoms with Gasteiger partial charge in [-0.1, -0.05) is 18.6 Å². The number of nitrogens with zero attached hydrogens (tertiary/aromatic N) is 3. The topological polar surface area (TPSA) is 42.7 Å². The fraction of sp³-hybridized carbons (Fsp3) is 0.294. The van der Waals surface area contributed by atoms with E-state index in [1.807, 2.05) is 24.9 Å². The molecule has 0 aliphatic carbocycles. The largest absolute Gasteiger partial charge is 0.309 e. The molecule has 1 atom stereocenters. The second-order valence-electron chi connectivity index (χ2n) is 5.56. The SMILES string of the molecule is c1cc(-n2cncc2C2CCCCN2)c2ccncc2c1. The van der Waals surface area contributed by atoms with Crippen LogP contribution in [-0.2, 0) is 0 Å². The Morgan fingerprint density at radius 1 is 1.10 bits per heavy atom. The van der Waals surface area contributed by atoms with E-state index in [-0.39, 0.29) is 0 Å². The molecule has 0 saturated carbocycles. The summed E-state index contributed by atoms with van der Waals surface area (Å²) < 4.78 is 2.21. The van der Waals surface area contributed by atoms with Gasteiger partial charge in [-0.05, 0) is 31.5 Å². The Hall–Kier alpha value is -2.20. The van der Waals surface area contributed by atoms with Crippen molar-refractivity contribution >= 4 is 10.8 Å². The maximum atomic E-state index is 4.39. The lowest BCUT2D eigenvalue weighted by atomic mass is 10.0.